The zero-order valence-electron chi connectivity index (χ0n) is 15.0. The zero-order valence-corrected chi connectivity index (χ0v) is 15.0. The quantitative estimate of drug-likeness (QED) is 0.876. The molecule has 1 heterocycles. The fraction of sp³-hybridized carbons (Fsp3) is 0.333. The van der Waals surface area contributed by atoms with Crippen LogP contribution in [0.4, 0.5) is 8.78 Å². The van der Waals surface area contributed by atoms with E-state index in [0.29, 0.717) is 31.6 Å². The molecule has 6 heteroatoms. The van der Waals surface area contributed by atoms with Crippen LogP contribution in [0, 0.1) is 17.6 Å². The predicted molar refractivity (Wildman–Crippen MR) is 98.1 cm³/mol. The lowest BCUT2D eigenvalue weighted by Crippen LogP contribution is -2.45. The first kappa shape index (κ1) is 19.0. The number of nitrogens with one attached hydrogen (secondary N) is 1. The van der Waals surface area contributed by atoms with E-state index in [2.05, 4.69) is 5.32 Å². The highest BCUT2D eigenvalue weighted by Crippen LogP contribution is 2.19. The van der Waals surface area contributed by atoms with Crippen molar-refractivity contribution in [1.82, 2.24) is 10.2 Å². The zero-order chi connectivity index (χ0) is 19.2. The largest absolute Gasteiger partial charge is 0.355 e. The van der Waals surface area contributed by atoms with Crippen molar-refractivity contribution in [2.45, 2.75) is 19.3 Å². The van der Waals surface area contributed by atoms with E-state index < -0.39 is 0 Å². The standard InChI is InChI=1S/C21H22F2N2O2/c22-18-7-3-15(4-8-18)11-12-24-20(26)17-2-1-13-25(14-17)21(27)16-5-9-19(23)10-6-16/h3-10,17H,1-2,11-14H2,(H,24,26). The van der Waals surface area contributed by atoms with Crippen molar-refractivity contribution in [3.63, 3.8) is 0 Å². The highest BCUT2D eigenvalue weighted by atomic mass is 19.1. The number of hydrogen-bond acceptors (Lipinski definition) is 2. The lowest BCUT2D eigenvalue weighted by atomic mass is 9.96. The Kier molecular flexibility index (Phi) is 6.16. The Morgan fingerprint density at radius 2 is 1.63 bits per heavy atom. The number of benzene rings is 2. The van der Waals surface area contributed by atoms with Crippen LogP contribution in [-0.4, -0.2) is 36.3 Å². The monoisotopic (exact) mass is 372 g/mol. The van der Waals surface area contributed by atoms with Crippen LogP contribution in [0.2, 0.25) is 0 Å². The van der Waals surface area contributed by atoms with Crippen LogP contribution in [0.3, 0.4) is 0 Å². The van der Waals surface area contributed by atoms with Crippen LogP contribution in [-0.2, 0) is 11.2 Å². The fourth-order valence-corrected chi connectivity index (χ4v) is 3.28. The van der Waals surface area contributed by atoms with Crippen LogP contribution in [0.5, 0.6) is 0 Å². The number of amides is 2. The number of likely N-dealkylation sites (tertiary alicyclic amines) is 1. The summed E-state index contributed by atoms with van der Waals surface area (Å²) in [7, 11) is 0. The number of piperidine rings is 1. The summed E-state index contributed by atoms with van der Waals surface area (Å²) in [6.07, 6.45) is 2.11. The maximum absolute atomic E-state index is 13.0. The molecule has 1 fully saturated rings. The van der Waals surface area contributed by atoms with Gasteiger partial charge >= 0.3 is 0 Å². The summed E-state index contributed by atoms with van der Waals surface area (Å²) < 4.78 is 25.9. The second-order valence-electron chi connectivity index (χ2n) is 6.76. The van der Waals surface area contributed by atoms with Gasteiger partial charge in [-0.05, 0) is 61.2 Å². The molecule has 1 aliphatic rings. The minimum Gasteiger partial charge on any atom is -0.355 e. The topological polar surface area (TPSA) is 49.4 Å². The Bertz CT molecular complexity index is 791. The molecule has 0 aliphatic carbocycles. The average molecular weight is 372 g/mol. The van der Waals surface area contributed by atoms with Gasteiger partial charge in [0.15, 0.2) is 0 Å². The van der Waals surface area contributed by atoms with E-state index in [-0.39, 0.29) is 29.4 Å². The molecular weight excluding hydrogens is 350 g/mol. The van der Waals surface area contributed by atoms with Crippen molar-refractivity contribution in [1.29, 1.82) is 0 Å². The number of halogens is 2. The Hall–Kier alpha value is -2.76. The predicted octanol–water partition coefficient (Wildman–Crippen LogP) is 3.18. The van der Waals surface area contributed by atoms with Crippen molar-refractivity contribution < 1.29 is 18.4 Å². The SMILES string of the molecule is O=C(NCCc1ccc(F)cc1)C1CCCN(C(=O)c2ccc(F)cc2)C1. The Labute approximate surface area is 157 Å². The van der Waals surface area contributed by atoms with Gasteiger partial charge in [0.2, 0.25) is 5.91 Å². The Balaban J connectivity index is 1.50. The third kappa shape index (κ3) is 5.12. The molecule has 4 nitrogen and oxygen atoms in total. The summed E-state index contributed by atoms with van der Waals surface area (Å²) in [5, 5.41) is 2.90. The number of rotatable bonds is 5. The van der Waals surface area contributed by atoms with Gasteiger partial charge in [0.1, 0.15) is 11.6 Å². The van der Waals surface area contributed by atoms with Crippen LogP contribution in [0.1, 0.15) is 28.8 Å². The number of carbonyl (C=O) groups is 2. The van der Waals surface area contributed by atoms with Gasteiger partial charge in [0, 0.05) is 25.2 Å². The highest BCUT2D eigenvalue weighted by molar-refractivity contribution is 5.94. The molecule has 0 bridgehead atoms. The number of carbonyl (C=O) groups excluding carboxylic acids is 2. The first-order chi connectivity index (χ1) is 13.0. The molecule has 1 aliphatic heterocycles. The molecule has 1 N–H and O–H groups in total. The first-order valence-electron chi connectivity index (χ1n) is 9.10. The third-order valence-electron chi connectivity index (χ3n) is 4.80. The molecule has 0 saturated carbocycles. The summed E-state index contributed by atoms with van der Waals surface area (Å²) in [6, 6.07) is 11.6. The number of nitrogens with zero attached hydrogens (tertiary/aromatic N) is 1. The minimum atomic E-state index is -0.386. The van der Waals surface area contributed by atoms with Crippen molar-refractivity contribution >= 4 is 11.8 Å². The van der Waals surface area contributed by atoms with Gasteiger partial charge in [0.25, 0.3) is 5.91 Å². The Morgan fingerprint density at radius 1 is 1.00 bits per heavy atom. The molecule has 0 radical (unpaired) electrons. The molecule has 2 aromatic rings. The molecule has 142 valence electrons. The maximum Gasteiger partial charge on any atom is 0.253 e. The molecule has 0 aromatic heterocycles. The second kappa shape index (κ2) is 8.75. The van der Waals surface area contributed by atoms with E-state index in [1.165, 1.54) is 36.4 Å². The van der Waals surface area contributed by atoms with Gasteiger partial charge < -0.3 is 10.2 Å². The molecule has 0 spiro atoms. The van der Waals surface area contributed by atoms with E-state index in [9.17, 15) is 18.4 Å². The van der Waals surface area contributed by atoms with Crippen LogP contribution in [0.15, 0.2) is 48.5 Å². The van der Waals surface area contributed by atoms with Gasteiger partial charge in [-0.25, -0.2) is 8.78 Å². The lowest BCUT2D eigenvalue weighted by Gasteiger charge is -2.32. The molecule has 3 rings (SSSR count). The summed E-state index contributed by atoms with van der Waals surface area (Å²) in [4.78, 5) is 26.6. The minimum absolute atomic E-state index is 0.0753. The molecule has 2 amide bonds. The van der Waals surface area contributed by atoms with Gasteiger partial charge in [-0.15, -0.1) is 0 Å². The van der Waals surface area contributed by atoms with E-state index in [4.69, 9.17) is 0 Å². The molecule has 1 unspecified atom stereocenters. The third-order valence-corrected chi connectivity index (χ3v) is 4.80. The maximum atomic E-state index is 13.0. The Morgan fingerprint density at radius 3 is 2.30 bits per heavy atom. The van der Waals surface area contributed by atoms with Gasteiger partial charge in [-0.3, -0.25) is 9.59 Å². The molecule has 1 atom stereocenters. The molecule has 1 saturated heterocycles. The summed E-state index contributed by atoms with van der Waals surface area (Å²) in [6.45, 7) is 1.42. The van der Waals surface area contributed by atoms with Gasteiger partial charge in [-0.1, -0.05) is 12.1 Å². The van der Waals surface area contributed by atoms with Crippen LogP contribution < -0.4 is 5.32 Å². The number of hydrogen-bond donors (Lipinski definition) is 1. The van der Waals surface area contributed by atoms with Crippen LogP contribution in [0.25, 0.3) is 0 Å². The normalized spacial score (nSPS) is 16.8. The highest BCUT2D eigenvalue weighted by Gasteiger charge is 2.28. The molecule has 27 heavy (non-hydrogen) atoms. The van der Waals surface area contributed by atoms with E-state index in [1.807, 2.05) is 0 Å². The molecular formula is C21H22F2N2O2. The van der Waals surface area contributed by atoms with Crippen molar-refractivity contribution in [2.75, 3.05) is 19.6 Å². The van der Waals surface area contributed by atoms with Crippen molar-refractivity contribution in [3.8, 4) is 0 Å². The van der Waals surface area contributed by atoms with Gasteiger partial charge in [0.05, 0.1) is 5.92 Å². The fourth-order valence-electron chi connectivity index (χ4n) is 3.28. The van der Waals surface area contributed by atoms with E-state index in [0.717, 1.165) is 18.4 Å². The van der Waals surface area contributed by atoms with Crippen LogP contribution >= 0.6 is 0 Å². The van der Waals surface area contributed by atoms with Crippen molar-refractivity contribution in [2.24, 2.45) is 5.92 Å². The smallest absolute Gasteiger partial charge is 0.253 e. The molecule has 2 aromatic carbocycles. The second-order valence-corrected chi connectivity index (χ2v) is 6.76. The van der Waals surface area contributed by atoms with Gasteiger partial charge in [-0.2, -0.15) is 0 Å². The average Bonchev–Trinajstić information content (AvgIpc) is 2.69. The first-order valence-corrected chi connectivity index (χ1v) is 9.10. The summed E-state index contributed by atoms with van der Waals surface area (Å²) in [5.74, 6) is -1.18. The lowest BCUT2D eigenvalue weighted by molar-refractivity contribution is -0.126. The van der Waals surface area contributed by atoms with Crippen molar-refractivity contribution in [3.05, 3.63) is 71.3 Å². The van der Waals surface area contributed by atoms with E-state index >= 15 is 0 Å². The van der Waals surface area contributed by atoms with E-state index in [1.54, 1.807) is 17.0 Å². The summed E-state index contributed by atoms with van der Waals surface area (Å²) >= 11 is 0. The summed E-state index contributed by atoms with van der Waals surface area (Å²) in [5.41, 5.74) is 1.38.